The number of anilines is 1. The van der Waals surface area contributed by atoms with E-state index in [0.29, 0.717) is 21.7 Å². The molecule has 7 nitrogen and oxygen atoms in total. The topological polar surface area (TPSA) is 98.5 Å². The fraction of sp³-hybridized carbons (Fsp3) is 0.143. The van der Waals surface area contributed by atoms with E-state index in [2.05, 4.69) is 5.32 Å². The van der Waals surface area contributed by atoms with Crippen molar-refractivity contribution in [3.05, 3.63) is 80.7 Å². The molecular formula is C21H18N2O5S. The summed E-state index contributed by atoms with van der Waals surface area (Å²) in [6.07, 6.45) is 0. The van der Waals surface area contributed by atoms with E-state index in [1.807, 2.05) is 19.1 Å². The largest absolute Gasteiger partial charge is 0.462 e. The van der Waals surface area contributed by atoms with Crippen LogP contribution < -0.4 is 5.32 Å². The number of esters is 1. The quantitative estimate of drug-likeness (QED) is 0.348. The molecule has 0 radical (unpaired) electrons. The molecule has 1 N–H and O–H groups in total. The summed E-state index contributed by atoms with van der Waals surface area (Å²) in [6.45, 7) is 3.80. The van der Waals surface area contributed by atoms with E-state index in [1.54, 1.807) is 36.6 Å². The Bertz CT molecular complexity index is 1060. The third kappa shape index (κ3) is 4.49. The van der Waals surface area contributed by atoms with Crippen LogP contribution in [0.4, 0.5) is 10.7 Å². The predicted molar refractivity (Wildman–Crippen MR) is 111 cm³/mol. The molecule has 2 aromatic carbocycles. The molecule has 1 amide bonds. The molecule has 0 bridgehead atoms. The zero-order valence-electron chi connectivity index (χ0n) is 15.8. The minimum atomic E-state index is -0.568. The molecule has 0 atom stereocenters. The number of nitro benzene ring substituents is 1. The maximum atomic E-state index is 12.6. The van der Waals surface area contributed by atoms with Crippen LogP contribution in [0, 0.1) is 17.0 Å². The molecule has 0 saturated carbocycles. The number of non-ortho nitro benzene ring substituents is 1. The minimum Gasteiger partial charge on any atom is -0.462 e. The van der Waals surface area contributed by atoms with E-state index in [0.717, 1.165) is 5.56 Å². The summed E-state index contributed by atoms with van der Waals surface area (Å²) >= 11 is 1.20. The molecule has 0 aliphatic rings. The normalized spacial score (nSPS) is 10.4. The first-order valence-electron chi connectivity index (χ1n) is 8.82. The number of amides is 1. The lowest BCUT2D eigenvalue weighted by Crippen LogP contribution is -2.14. The average molecular weight is 410 g/mol. The molecule has 3 aromatic rings. The fourth-order valence-corrected chi connectivity index (χ4v) is 3.66. The number of rotatable bonds is 6. The molecule has 1 aromatic heterocycles. The second kappa shape index (κ2) is 8.66. The van der Waals surface area contributed by atoms with Crippen LogP contribution in [-0.4, -0.2) is 23.4 Å². The summed E-state index contributed by atoms with van der Waals surface area (Å²) in [6, 6.07) is 12.9. The molecule has 0 saturated heterocycles. The number of nitro groups is 1. The van der Waals surface area contributed by atoms with Crippen molar-refractivity contribution in [1.82, 2.24) is 0 Å². The van der Waals surface area contributed by atoms with Crippen molar-refractivity contribution in [2.24, 2.45) is 0 Å². The third-order valence-corrected chi connectivity index (χ3v) is 5.10. The molecule has 0 spiro atoms. The van der Waals surface area contributed by atoms with Gasteiger partial charge in [-0.2, -0.15) is 0 Å². The van der Waals surface area contributed by atoms with Crippen LogP contribution in [0.1, 0.15) is 33.2 Å². The fourth-order valence-electron chi connectivity index (χ4n) is 2.71. The van der Waals surface area contributed by atoms with Crippen LogP contribution >= 0.6 is 11.3 Å². The number of aryl methyl sites for hydroxylation is 1. The highest BCUT2D eigenvalue weighted by Gasteiger charge is 2.23. The van der Waals surface area contributed by atoms with Gasteiger partial charge in [-0.1, -0.05) is 17.7 Å². The second-order valence-electron chi connectivity index (χ2n) is 6.20. The molecule has 3 rings (SSSR count). The summed E-state index contributed by atoms with van der Waals surface area (Å²) < 4.78 is 5.16. The molecule has 29 heavy (non-hydrogen) atoms. The van der Waals surface area contributed by atoms with Crippen LogP contribution in [-0.2, 0) is 4.74 Å². The van der Waals surface area contributed by atoms with Crippen LogP contribution in [0.2, 0.25) is 0 Å². The zero-order valence-corrected chi connectivity index (χ0v) is 16.6. The first kappa shape index (κ1) is 20.2. The van der Waals surface area contributed by atoms with Crippen LogP contribution in [0.15, 0.2) is 53.9 Å². The van der Waals surface area contributed by atoms with Gasteiger partial charge in [0.05, 0.1) is 11.5 Å². The summed E-state index contributed by atoms with van der Waals surface area (Å²) in [5.41, 5.74) is 2.84. The van der Waals surface area contributed by atoms with Crippen molar-refractivity contribution in [3.63, 3.8) is 0 Å². The van der Waals surface area contributed by atoms with Crippen molar-refractivity contribution < 1.29 is 19.2 Å². The Labute approximate surface area is 171 Å². The van der Waals surface area contributed by atoms with Gasteiger partial charge in [0.2, 0.25) is 0 Å². The number of thiophene rings is 1. The second-order valence-corrected chi connectivity index (χ2v) is 7.08. The van der Waals surface area contributed by atoms with Crippen molar-refractivity contribution in [2.45, 2.75) is 13.8 Å². The summed E-state index contributed by atoms with van der Waals surface area (Å²) in [5, 5.41) is 15.7. The van der Waals surface area contributed by atoms with E-state index >= 15 is 0 Å². The molecule has 0 unspecified atom stereocenters. The molecular weight excluding hydrogens is 392 g/mol. The van der Waals surface area contributed by atoms with Gasteiger partial charge in [0.15, 0.2) is 0 Å². The number of nitrogens with one attached hydrogen (secondary N) is 1. The lowest BCUT2D eigenvalue weighted by Gasteiger charge is -2.09. The Kier molecular flexibility index (Phi) is 6.04. The standard InChI is InChI=1S/C21H18N2O5S/c1-3-28-21(25)18-17(14-8-10-16(11-9-14)23(26)27)12-29-20(18)22-19(24)15-6-4-13(2)5-7-15/h4-12H,3H2,1-2H3,(H,22,24). The van der Waals surface area contributed by atoms with Crippen molar-refractivity contribution in [3.8, 4) is 11.1 Å². The van der Waals surface area contributed by atoms with Crippen molar-refractivity contribution >= 4 is 33.9 Å². The number of hydrogen-bond acceptors (Lipinski definition) is 6. The summed E-state index contributed by atoms with van der Waals surface area (Å²) in [7, 11) is 0. The van der Waals surface area contributed by atoms with Gasteiger partial charge in [-0.15, -0.1) is 11.3 Å². The highest BCUT2D eigenvalue weighted by molar-refractivity contribution is 7.15. The van der Waals surface area contributed by atoms with E-state index in [4.69, 9.17) is 4.74 Å². The van der Waals surface area contributed by atoms with Gasteiger partial charge in [0.1, 0.15) is 10.6 Å². The highest BCUT2D eigenvalue weighted by Crippen LogP contribution is 2.37. The summed E-state index contributed by atoms with van der Waals surface area (Å²) in [5.74, 6) is -0.908. The van der Waals surface area contributed by atoms with Crippen LogP contribution in [0.25, 0.3) is 11.1 Å². The molecule has 148 valence electrons. The molecule has 0 fully saturated rings. The number of carbonyl (C=O) groups excluding carboxylic acids is 2. The predicted octanol–water partition coefficient (Wildman–Crippen LogP) is 5.06. The van der Waals surface area contributed by atoms with Gasteiger partial charge in [0.25, 0.3) is 11.6 Å². The Morgan fingerprint density at radius 3 is 2.34 bits per heavy atom. The SMILES string of the molecule is CCOC(=O)c1c(-c2ccc([N+](=O)[O-])cc2)csc1NC(=O)c1ccc(C)cc1. The van der Waals surface area contributed by atoms with E-state index in [9.17, 15) is 19.7 Å². The lowest BCUT2D eigenvalue weighted by molar-refractivity contribution is -0.384. The maximum absolute atomic E-state index is 12.6. The summed E-state index contributed by atoms with van der Waals surface area (Å²) in [4.78, 5) is 35.6. The number of hydrogen-bond donors (Lipinski definition) is 1. The van der Waals surface area contributed by atoms with Gasteiger partial charge in [0, 0.05) is 28.6 Å². The number of carbonyl (C=O) groups is 2. The number of benzene rings is 2. The van der Waals surface area contributed by atoms with Gasteiger partial charge in [-0.25, -0.2) is 4.79 Å². The third-order valence-electron chi connectivity index (χ3n) is 4.20. The molecule has 8 heteroatoms. The Hall–Kier alpha value is -3.52. The van der Waals surface area contributed by atoms with Crippen LogP contribution in [0.5, 0.6) is 0 Å². The van der Waals surface area contributed by atoms with Gasteiger partial charge < -0.3 is 10.1 Å². The number of ether oxygens (including phenoxy) is 1. The first-order valence-corrected chi connectivity index (χ1v) is 9.70. The van der Waals surface area contributed by atoms with Crippen LogP contribution in [0.3, 0.4) is 0 Å². The van der Waals surface area contributed by atoms with E-state index in [-0.39, 0.29) is 23.8 Å². The molecule has 0 aliphatic heterocycles. The van der Waals surface area contributed by atoms with E-state index < -0.39 is 10.9 Å². The Morgan fingerprint density at radius 2 is 1.76 bits per heavy atom. The zero-order chi connectivity index (χ0) is 21.0. The molecule has 1 heterocycles. The van der Waals surface area contributed by atoms with Crippen molar-refractivity contribution in [1.29, 1.82) is 0 Å². The lowest BCUT2D eigenvalue weighted by atomic mass is 10.0. The average Bonchev–Trinajstić information content (AvgIpc) is 3.12. The number of nitrogens with zero attached hydrogens (tertiary/aromatic N) is 1. The van der Waals surface area contributed by atoms with Crippen molar-refractivity contribution in [2.75, 3.05) is 11.9 Å². The molecule has 0 aliphatic carbocycles. The Balaban J connectivity index is 1.97. The van der Waals surface area contributed by atoms with Gasteiger partial charge >= 0.3 is 5.97 Å². The smallest absolute Gasteiger partial charge is 0.341 e. The van der Waals surface area contributed by atoms with E-state index in [1.165, 1.54) is 23.5 Å². The van der Waals surface area contributed by atoms with Gasteiger partial charge in [-0.05, 0) is 43.7 Å². The first-order chi connectivity index (χ1) is 13.9. The minimum absolute atomic E-state index is 0.0467. The highest BCUT2D eigenvalue weighted by atomic mass is 32.1. The monoisotopic (exact) mass is 410 g/mol. The Morgan fingerprint density at radius 1 is 1.10 bits per heavy atom. The van der Waals surface area contributed by atoms with Gasteiger partial charge in [-0.3, -0.25) is 14.9 Å². The maximum Gasteiger partial charge on any atom is 0.341 e.